The fraction of sp³-hybridized carbons (Fsp3) is 0.364. The Labute approximate surface area is 92.9 Å². The van der Waals surface area contributed by atoms with Crippen LogP contribution in [0.25, 0.3) is 5.57 Å². The van der Waals surface area contributed by atoms with Gasteiger partial charge in [0.1, 0.15) is 0 Å². The molecule has 0 aromatic heterocycles. The molecule has 0 saturated heterocycles. The van der Waals surface area contributed by atoms with Gasteiger partial charge in [-0.2, -0.15) is 0 Å². The van der Waals surface area contributed by atoms with Crippen molar-refractivity contribution < 1.29 is 4.92 Å². The van der Waals surface area contributed by atoms with Crippen LogP contribution in [0.3, 0.4) is 0 Å². The van der Waals surface area contributed by atoms with Crippen LogP contribution < -0.4 is 10.6 Å². The molecule has 5 heteroatoms. The SMILES string of the molecule is CN(C)CC1=c2ccc([N+](=O)[O-])cc2=NC1. The van der Waals surface area contributed by atoms with Gasteiger partial charge in [0, 0.05) is 23.9 Å². The number of nitro benzene ring substituents is 1. The highest BCUT2D eigenvalue weighted by molar-refractivity contribution is 5.52. The van der Waals surface area contributed by atoms with Gasteiger partial charge in [0.25, 0.3) is 5.69 Å². The van der Waals surface area contributed by atoms with Gasteiger partial charge in [-0.15, -0.1) is 0 Å². The zero-order valence-corrected chi connectivity index (χ0v) is 9.30. The average molecular weight is 219 g/mol. The molecule has 84 valence electrons. The average Bonchev–Trinajstić information content (AvgIpc) is 2.60. The summed E-state index contributed by atoms with van der Waals surface area (Å²) in [6, 6.07) is 4.87. The quantitative estimate of drug-likeness (QED) is 0.528. The largest absolute Gasteiger partial charge is 0.305 e. The van der Waals surface area contributed by atoms with Gasteiger partial charge in [-0.25, -0.2) is 0 Å². The van der Waals surface area contributed by atoms with Gasteiger partial charge < -0.3 is 4.90 Å². The molecule has 0 unspecified atom stereocenters. The molecular formula is C11H13N3O2. The van der Waals surface area contributed by atoms with E-state index in [0.717, 1.165) is 17.1 Å². The molecule has 0 radical (unpaired) electrons. The van der Waals surface area contributed by atoms with Gasteiger partial charge in [-0.1, -0.05) is 0 Å². The Kier molecular flexibility index (Phi) is 2.70. The van der Waals surface area contributed by atoms with Crippen molar-refractivity contribution in [2.45, 2.75) is 0 Å². The summed E-state index contributed by atoms with van der Waals surface area (Å²) >= 11 is 0. The van der Waals surface area contributed by atoms with Crippen molar-refractivity contribution in [1.29, 1.82) is 0 Å². The summed E-state index contributed by atoms with van der Waals surface area (Å²) in [5, 5.41) is 12.4. The molecule has 0 aliphatic carbocycles. The summed E-state index contributed by atoms with van der Waals surface area (Å²) in [7, 11) is 3.99. The standard InChI is InChI=1S/C11H13N3O2/c1-13(2)7-8-6-12-11-5-9(14(15)16)3-4-10(8)11/h3-5H,6-7H2,1-2H3. The normalized spacial score (nSPS) is 13.8. The van der Waals surface area contributed by atoms with E-state index >= 15 is 0 Å². The van der Waals surface area contributed by atoms with Crippen molar-refractivity contribution in [3.63, 3.8) is 0 Å². The fourth-order valence-electron chi connectivity index (χ4n) is 1.85. The molecule has 0 amide bonds. The number of nitrogens with zero attached hydrogens (tertiary/aromatic N) is 3. The lowest BCUT2D eigenvalue weighted by Gasteiger charge is -2.09. The van der Waals surface area contributed by atoms with E-state index in [1.54, 1.807) is 6.07 Å². The molecule has 1 aromatic carbocycles. The Morgan fingerprint density at radius 2 is 2.25 bits per heavy atom. The molecule has 1 aromatic rings. The van der Waals surface area contributed by atoms with Crippen molar-refractivity contribution in [2.75, 3.05) is 27.2 Å². The molecule has 1 heterocycles. The predicted octanol–water partition coefficient (Wildman–Crippen LogP) is -0.0597. The summed E-state index contributed by atoms with van der Waals surface area (Å²) < 4.78 is 0. The summed E-state index contributed by atoms with van der Waals surface area (Å²) in [4.78, 5) is 16.6. The van der Waals surface area contributed by atoms with E-state index < -0.39 is 0 Å². The van der Waals surface area contributed by atoms with Crippen molar-refractivity contribution in [2.24, 2.45) is 4.99 Å². The smallest absolute Gasteiger partial charge is 0.271 e. The zero-order chi connectivity index (χ0) is 11.7. The third-order valence-corrected chi connectivity index (χ3v) is 2.52. The number of hydrogen-bond donors (Lipinski definition) is 0. The van der Waals surface area contributed by atoms with Crippen LogP contribution in [0, 0.1) is 10.1 Å². The van der Waals surface area contributed by atoms with Crippen LogP contribution in [0.15, 0.2) is 23.2 Å². The summed E-state index contributed by atoms with van der Waals surface area (Å²) in [5.41, 5.74) is 1.32. The van der Waals surface area contributed by atoms with E-state index in [1.807, 2.05) is 14.1 Å². The van der Waals surface area contributed by atoms with E-state index in [0.29, 0.717) is 6.54 Å². The summed E-state index contributed by atoms with van der Waals surface area (Å²) in [6.45, 7) is 1.49. The number of non-ortho nitro benzene ring substituents is 1. The number of hydrogen-bond acceptors (Lipinski definition) is 4. The van der Waals surface area contributed by atoms with E-state index in [9.17, 15) is 10.1 Å². The molecule has 0 N–H and O–H groups in total. The van der Waals surface area contributed by atoms with Crippen LogP contribution in [0.5, 0.6) is 0 Å². The number of rotatable bonds is 3. The second-order valence-electron chi connectivity index (χ2n) is 4.12. The Balaban J connectivity index is 2.49. The molecule has 1 aliphatic heterocycles. The van der Waals surface area contributed by atoms with E-state index in [2.05, 4.69) is 9.89 Å². The molecule has 0 atom stereocenters. The fourth-order valence-corrected chi connectivity index (χ4v) is 1.85. The van der Waals surface area contributed by atoms with Crippen LogP contribution in [0.2, 0.25) is 0 Å². The maximum atomic E-state index is 10.6. The minimum Gasteiger partial charge on any atom is -0.305 e. The topological polar surface area (TPSA) is 58.7 Å². The lowest BCUT2D eigenvalue weighted by atomic mass is 10.1. The molecule has 16 heavy (non-hydrogen) atoms. The van der Waals surface area contributed by atoms with Crippen LogP contribution >= 0.6 is 0 Å². The van der Waals surface area contributed by atoms with Crippen LogP contribution in [-0.2, 0) is 0 Å². The first kappa shape index (κ1) is 10.8. The minimum atomic E-state index is -0.389. The monoisotopic (exact) mass is 219 g/mol. The number of benzene rings is 1. The molecule has 0 saturated carbocycles. The van der Waals surface area contributed by atoms with E-state index in [-0.39, 0.29) is 10.6 Å². The van der Waals surface area contributed by atoms with E-state index in [4.69, 9.17) is 0 Å². The van der Waals surface area contributed by atoms with E-state index in [1.165, 1.54) is 17.7 Å². The summed E-state index contributed by atoms with van der Waals surface area (Å²) in [6.07, 6.45) is 0. The molecule has 5 nitrogen and oxygen atoms in total. The molecule has 0 bridgehead atoms. The van der Waals surface area contributed by atoms with Crippen LogP contribution in [0.1, 0.15) is 0 Å². The Morgan fingerprint density at radius 3 is 2.88 bits per heavy atom. The van der Waals surface area contributed by atoms with Gasteiger partial charge in [0.15, 0.2) is 0 Å². The third kappa shape index (κ3) is 1.94. The van der Waals surface area contributed by atoms with Gasteiger partial charge in [0.05, 0.1) is 16.8 Å². The first-order valence-corrected chi connectivity index (χ1v) is 5.03. The Hall–Kier alpha value is -1.75. The number of fused-ring (bicyclic) bond motifs is 1. The summed E-state index contributed by atoms with van der Waals surface area (Å²) in [5.74, 6) is 0. The molecular weight excluding hydrogens is 206 g/mol. The second-order valence-corrected chi connectivity index (χ2v) is 4.12. The third-order valence-electron chi connectivity index (χ3n) is 2.52. The van der Waals surface area contributed by atoms with Crippen molar-refractivity contribution in [3.05, 3.63) is 38.9 Å². The highest BCUT2D eigenvalue weighted by atomic mass is 16.6. The first-order chi connectivity index (χ1) is 7.58. The van der Waals surface area contributed by atoms with Gasteiger partial charge in [-0.3, -0.25) is 15.1 Å². The Bertz CT molecular complexity index is 549. The van der Waals surface area contributed by atoms with Gasteiger partial charge in [0.2, 0.25) is 0 Å². The lowest BCUT2D eigenvalue weighted by Crippen LogP contribution is -2.26. The van der Waals surface area contributed by atoms with Crippen LogP contribution in [-0.4, -0.2) is 37.0 Å². The molecule has 0 fully saturated rings. The van der Waals surface area contributed by atoms with Gasteiger partial charge >= 0.3 is 0 Å². The van der Waals surface area contributed by atoms with Gasteiger partial charge in [-0.05, 0) is 25.7 Å². The maximum Gasteiger partial charge on any atom is 0.271 e. The maximum absolute atomic E-state index is 10.6. The predicted molar refractivity (Wildman–Crippen MR) is 60.7 cm³/mol. The van der Waals surface area contributed by atoms with Crippen molar-refractivity contribution >= 4 is 11.3 Å². The molecule has 1 aliphatic rings. The first-order valence-electron chi connectivity index (χ1n) is 5.03. The molecule has 0 spiro atoms. The zero-order valence-electron chi connectivity index (χ0n) is 9.30. The second kappa shape index (κ2) is 4.02. The van der Waals surface area contributed by atoms with Crippen molar-refractivity contribution in [1.82, 2.24) is 4.90 Å². The molecule has 2 rings (SSSR count). The lowest BCUT2D eigenvalue weighted by molar-refractivity contribution is -0.385. The highest BCUT2D eigenvalue weighted by Gasteiger charge is 2.11. The highest BCUT2D eigenvalue weighted by Crippen LogP contribution is 2.06. The number of nitro groups is 1. The van der Waals surface area contributed by atoms with Crippen molar-refractivity contribution in [3.8, 4) is 0 Å². The Morgan fingerprint density at radius 1 is 1.50 bits per heavy atom. The minimum absolute atomic E-state index is 0.105. The van der Waals surface area contributed by atoms with Crippen LogP contribution in [0.4, 0.5) is 5.69 Å².